The fourth-order valence-electron chi connectivity index (χ4n) is 1.06. The number of hydrogen-bond donors (Lipinski definition) is 0. The molecule has 0 aliphatic carbocycles. The van der Waals surface area contributed by atoms with E-state index < -0.39 is 6.72 Å². The van der Waals surface area contributed by atoms with Crippen molar-refractivity contribution >= 4 is 18.5 Å². The summed E-state index contributed by atoms with van der Waals surface area (Å²) < 4.78 is 4.45. The first-order chi connectivity index (χ1) is 7.97. The average Bonchev–Trinajstić information content (AvgIpc) is 2.27. The van der Waals surface area contributed by atoms with Gasteiger partial charge in [0.15, 0.2) is 0 Å². The molecule has 0 bridgehead atoms. The van der Waals surface area contributed by atoms with Crippen molar-refractivity contribution in [2.75, 3.05) is 6.61 Å². The summed E-state index contributed by atoms with van der Waals surface area (Å²) in [4.78, 5) is 20.8. The topological polar surface area (TPSA) is 55.3 Å². The largest absolute Gasteiger partial charge is 2.00 e. The van der Waals surface area contributed by atoms with Crippen molar-refractivity contribution in [2.24, 2.45) is 0 Å². The van der Waals surface area contributed by atoms with Crippen LogP contribution in [0.2, 0.25) is 0 Å². The van der Waals surface area contributed by atoms with Crippen LogP contribution in [0.4, 0.5) is 0 Å². The van der Waals surface area contributed by atoms with Gasteiger partial charge < -0.3 is 21.2 Å². The van der Waals surface area contributed by atoms with Crippen LogP contribution >= 0.6 is 6.72 Å². The van der Waals surface area contributed by atoms with Crippen LogP contribution in [0.1, 0.15) is 65.2 Å². The third-order valence-electron chi connectivity index (χ3n) is 2.10. The Labute approximate surface area is 150 Å². The second-order valence-electron chi connectivity index (χ2n) is 3.90. The minimum Gasteiger partial charge on any atom is -0.812 e. The summed E-state index contributed by atoms with van der Waals surface area (Å²) in [5.41, 5.74) is 0. The van der Waals surface area contributed by atoms with Gasteiger partial charge in [-0.05, 0) is 6.42 Å². The Balaban J connectivity index is -0.000000165. The third-order valence-corrected chi connectivity index (χ3v) is 2.92. The maximum absolute atomic E-state index is 10.4. The van der Waals surface area contributed by atoms with Crippen molar-refractivity contribution in [3.8, 4) is 0 Å². The summed E-state index contributed by atoms with van der Waals surface area (Å²) >= 11 is 4.08. The molecule has 0 spiro atoms. The first-order valence-electron chi connectivity index (χ1n) is 6.43. The molecular formula is C12H26O3PSZn2-. The molecule has 0 rings (SSSR count). The van der Waals surface area contributed by atoms with Gasteiger partial charge in [0.25, 0.3) is 0 Å². The van der Waals surface area contributed by atoms with Crippen LogP contribution in [0.3, 0.4) is 0 Å². The van der Waals surface area contributed by atoms with Gasteiger partial charge in [-0.25, -0.2) is 0 Å². The van der Waals surface area contributed by atoms with Crippen molar-refractivity contribution in [1.82, 2.24) is 0 Å². The van der Waals surface area contributed by atoms with Crippen LogP contribution < -0.4 is 9.79 Å². The van der Waals surface area contributed by atoms with E-state index in [0.29, 0.717) is 0 Å². The van der Waals surface area contributed by atoms with Gasteiger partial charge in [0.05, 0.1) is 0 Å². The van der Waals surface area contributed by atoms with Crippen LogP contribution in [0.25, 0.3) is 0 Å². The van der Waals surface area contributed by atoms with E-state index >= 15 is 0 Å². The molecule has 0 aliphatic rings. The number of rotatable bonds is 9. The smallest absolute Gasteiger partial charge is 0.812 e. The SMILES string of the molecule is CCCCCCCCOP([O-])([O-])=S.[CH2-]CCC.[Zn+2].[Zn]. The molecule has 19 heavy (non-hydrogen) atoms. The molecule has 3 nitrogen and oxygen atoms in total. The van der Waals surface area contributed by atoms with Gasteiger partial charge in [0, 0.05) is 26.1 Å². The molecule has 0 N–H and O–H groups in total. The fraction of sp³-hybridized carbons (Fsp3) is 0.917. The molecule has 0 unspecified atom stereocenters. The van der Waals surface area contributed by atoms with Gasteiger partial charge in [0.2, 0.25) is 0 Å². The Kier molecular flexibility index (Phi) is 33.5. The molecule has 0 atom stereocenters. The maximum atomic E-state index is 10.4. The summed E-state index contributed by atoms with van der Waals surface area (Å²) in [6.45, 7) is 4.24. The van der Waals surface area contributed by atoms with Crippen LogP contribution in [0, 0.1) is 6.92 Å². The maximum Gasteiger partial charge on any atom is 2.00 e. The summed E-state index contributed by atoms with van der Waals surface area (Å²) in [5, 5.41) is 0. The molecule has 7 heteroatoms. The molecule has 0 amide bonds. The molecule has 0 saturated heterocycles. The molecule has 0 fully saturated rings. The van der Waals surface area contributed by atoms with Gasteiger partial charge in [0.1, 0.15) is 0 Å². The zero-order valence-corrected chi connectivity index (χ0v) is 20.2. The average molecular weight is 412 g/mol. The van der Waals surface area contributed by atoms with Crippen LogP contribution in [0.5, 0.6) is 0 Å². The van der Waals surface area contributed by atoms with E-state index in [0.717, 1.165) is 25.7 Å². The van der Waals surface area contributed by atoms with E-state index in [4.69, 9.17) is 0 Å². The van der Waals surface area contributed by atoms with E-state index in [1.807, 2.05) is 0 Å². The van der Waals surface area contributed by atoms with E-state index in [-0.39, 0.29) is 45.6 Å². The second kappa shape index (κ2) is 22.1. The van der Waals surface area contributed by atoms with Gasteiger partial charge >= 0.3 is 19.5 Å². The standard InChI is InChI=1S/C8H19O3PS.C4H9.2Zn/c1-2-3-4-5-6-7-8-11-12(9,10)13;1-3-4-2;;/h2-8H2,1H3,(H2,9,10,13);1,3-4H2,2H3;;/q;-1;;+2/p-2. The molecule has 0 heterocycles. The van der Waals surface area contributed by atoms with E-state index in [1.165, 1.54) is 25.7 Å². The predicted molar refractivity (Wildman–Crippen MR) is 73.9 cm³/mol. The van der Waals surface area contributed by atoms with Crippen molar-refractivity contribution in [1.29, 1.82) is 0 Å². The van der Waals surface area contributed by atoms with Crippen LogP contribution in [0.15, 0.2) is 0 Å². The molecule has 0 saturated carbocycles. The number of unbranched alkanes of at least 4 members (excludes halogenated alkanes) is 6. The zero-order chi connectivity index (χ0) is 13.6. The Morgan fingerprint density at radius 2 is 1.42 bits per heavy atom. The summed E-state index contributed by atoms with van der Waals surface area (Å²) in [6.07, 6.45) is 8.93. The Morgan fingerprint density at radius 1 is 1.00 bits per heavy atom. The molecule has 0 aromatic carbocycles. The predicted octanol–water partition coefficient (Wildman–Crippen LogP) is 2.92. The summed E-state index contributed by atoms with van der Waals surface area (Å²) in [7, 11) is 0. The monoisotopic (exact) mass is 409 g/mol. The normalized spacial score (nSPS) is 9.74. The number of hydrogen-bond acceptors (Lipinski definition) is 4. The van der Waals surface area contributed by atoms with E-state index in [9.17, 15) is 9.79 Å². The van der Waals surface area contributed by atoms with Gasteiger partial charge in [-0.15, -0.1) is 11.8 Å². The van der Waals surface area contributed by atoms with Crippen molar-refractivity contribution < 1.29 is 53.3 Å². The van der Waals surface area contributed by atoms with Crippen LogP contribution in [-0.4, -0.2) is 6.61 Å². The summed E-state index contributed by atoms with van der Waals surface area (Å²) in [5.74, 6) is 0. The van der Waals surface area contributed by atoms with Crippen molar-refractivity contribution in [2.45, 2.75) is 65.2 Å². The second-order valence-corrected chi connectivity index (χ2v) is 6.40. The first kappa shape index (κ1) is 28.9. The molecular weight excluding hydrogens is 386 g/mol. The van der Waals surface area contributed by atoms with Crippen molar-refractivity contribution in [3.63, 3.8) is 0 Å². The van der Waals surface area contributed by atoms with Gasteiger partial charge in [-0.1, -0.05) is 59.1 Å². The van der Waals surface area contributed by atoms with Gasteiger partial charge in [-0.2, -0.15) is 6.42 Å². The molecule has 0 radical (unpaired) electrons. The molecule has 0 aliphatic heterocycles. The minimum absolute atomic E-state index is 0. The van der Waals surface area contributed by atoms with E-state index in [2.05, 4.69) is 37.1 Å². The quantitative estimate of drug-likeness (QED) is 0.253. The van der Waals surface area contributed by atoms with Crippen LogP contribution in [-0.2, 0) is 55.3 Å². The minimum atomic E-state index is -3.89. The molecule has 108 valence electrons. The summed E-state index contributed by atoms with van der Waals surface area (Å²) in [6, 6.07) is 0. The van der Waals surface area contributed by atoms with E-state index in [1.54, 1.807) is 0 Å². The van der Waals surface area contributed by atoms with Crippen molar-refractivity contribution in [3.05, 3.63) is 6.92 Å². The fourth-order valence-corrected chi connectivity index (χ4v) is 1.64. The Hall–Kier alpha value is 1.78. The first-order valence-corrected chi connectivity index (χ1v) is 8.99. The molecule has 0 aromatic heterocycles. The van der Waals surface area contributed by atoms with Gasteiger partial charge in [-0.3, -0.25) is 0 Å². The molecule has 0 aromatic rings. The Morgan fingerprint density at radius 3 is 1.79 bits per heavy atom. The Bertz CT molecular complexity index is 190. The third kappa shape index (κ3) is 38.3. The zero-order valence-electron chi connectivity index (χ0n) is 12.6.